The van der Waals surface area contributed by atoms with Crippen LogP contribution in [0.3, 0.4) is 0 Å². The summed E-state index contributed by atoms with van der Waals surface area (Å²) >= 11 is 10.1. The maximum atomic E-state index is 6.62. The number of pyridine rings is 2. The van der Waals surface area contributed by atoms with E-state index in [0.29, 0.717) is 5.02 Å². The van der Waals surface area contributed by atoms with Crippen molar-refractivity contribution in [1.29, 1.82) is 0 Å². The van der Waals surface area contributed by atoms with E-state index in [1.807, 2.05) is 43.3 Å². The largest absolute Gasteiger partial charge is 0.237 e. The molecule has 0 aliphatic rings. The number of rotatable bonds is 1. The summed E-state index contributed by atoms with van der Waals surface area (Å²) in [5.74, 6) is 0.723. The van der Waals surface area contributed by atoms with Gasteiger partial charge in [0.1, 0.15) is 0 Å². The summed E-state index contributed by atoms with van der Waals surface area (Å²) in [6.07, 6.45) is 1.73. The van der Waals surface area contributed by atoms with Gasteiger partial charge in [0.15, 0.2) is 11.5 Å². The van der Waals surface area contributed by atoms with Gasteiger partial charge >= 0.3 is 0 Å². The van der Waals surface area contributed by atoms with E-state index in [2.05, 4.69) is 26.0 Å². The molecule has 6 heteroatoms. The zero-order valence-electron chi connectivity index (χ0n) is 11.6. The third-order valence-corrected chi connectivity index (χ3v) is 4.43. The fourth-order valence-corrected chi connectivity index (χ4v) is 3.28. The van der Waals surface area contributed by atoms with Crippen LogP contribution in [0.4, 0.5) is 0 Å². The van der Waals surface area contributed by atoms with Gasteiger partial charge in [-0.3, -0.25) is 0 Å². The second-order valence-electron chi connectivity index (χ2n) is 4.97. The van der Waals surface area contributed by atoms with Gasteiger partial charge in [-0.05, 0) is 37.3 Å². The molecule has 0 bridgehead atoms. The number of aromatic nitrogens is 4. The fraction of sp³-hybridized carbons (Fsp3) is 0.0625. The Morgan fingerprint density at radius 1 is 1.18 bits per heavy atom. The van der Waals surface area contributed by atoms with Gasteiger partial charge in [0, 0.05) is 16.1 Å². The summed E-state index contributed by atoms with van der Waals surface area (Å²) in [6, 6.07) is 11.6. The van der Waals surface area contributed by atoms with Crippen LogP contribution in [0.1, 0.15) is 5.69 Å². The Morgan fingerprint density at radius 2 is 2.05 bits per heavy atom. The first-order valence-corrected chi connectivity index (χ1v) is 7.88. The molecule has 22 heavy (non-hydrogen) atoms. The molecule has 4 nitrogen and oxygen atoms in total. The van der Waals surface area contributed by atoms with Crippen molar-refractivity contribution in [2.75, 3.05) is 0 Å². The molecule has 0 unspecified atom stereocenters. The third kappa shape index (κ3) is 2.01. The maximum Gasteiger partial charge on any atom is 0.167 e. The molecule has 0 fully saturated rings. The summed E-state index contributed by atoms with van der Waals surface area (Å²) in [4.78, 5) is 9.08. The molecule has 0 aliphatic heterocycles. The van der Waals surface area contributed by atoms with E-state index in [9.17, 15) is 0 Å². The number of hydrogen-bond acceptors (Lipinski definition) is 3. The molecule has 0 atom stereocenters. The first-order valence-electron chi connectivity index (χ1n) is 6.70. The minimum absolute atomic E-state index is 0.668. The molecule has 0 spiro atoms. The van der Waals surface area contributed by atoms with Crippen molar-refractivity contribution in [2.45, 2.75) is 6.92 Å². The number of nitrogens with zero attached hydrogens (tertiary/aromatic N) is 4. The molecule has 0 amide bonds. The summed E-state index contributed by atoms with van der Waals surface area (Å²) < 4.78 is 2.70. The van der Waals surface area contributed by atoms with E-state index < -0.39 is 0 Å². The van der Waals surface area contributed by atoms with E-state index in [-0.39, 0.29) is 0 Å². The number of halogens is 2. The predicted molar refractivity (Wildman–Crippen MR) is 91.6 cm³/mol. The average molecular weight is 374 g/mol. The Bertz CT molecular complexity index is 1010. The average Bonchev–Trinajstić information content (AvgIpc) is 2.86. The lowest BCUT2D eigenvalue weighted by atomic mass is 10.1. The Labute approximate surface area is 139 Å². The Morgan fingerprint density at radius 3 is 2.82 bits per heavy atom. The quantitative estimate of drug-likeness (QED) is 0.486. The summed E-state index contributed by atoms with van der Waals surface area (Å²) in [7, 11) is 0. The van der Waals surface area contributed by atoms with Crippen LogP contribution < -0.4 is 0 Å². The van der Waals surface area contributed by atoms with E-state index in [4.69, 9.17) is 16.6 Å². The van der Waals surface area contributed by atoms with E-state index >= 15 is 0 Å². The molecule has 1 aromatic carbocycles. The first-order chi connectivity index (χ1) is 10.6. The van der Waals surface area contributed by atoms with Gasteiger partial charge in [-0.2, -0.15) is 9.78 Å². The maximum absolute atomic E-state index is 6.62. The Balaban J connectivity index is 2.14. The first kappa shape index (κ1) is 13.7. The highest BCUT2D eigenvalue weighted by atomic mass is 79.9. The van der Waals surface area contributed by atoms with Crippen LogP contribution in [0.15, 0.2) is 47.1 Å². The van der Waals surface area contributed by atoms with Crippen molar-refractivity contribution in [3.8, 4) is 5.82 Å². The SMILES string of the molecule is Cc1nn(-c2ccccn2)c2nc3ccc(Br)cc3c(Cl)c12. The van der Waals surface area contributed by atoms with Gasteiger partial charge in [0.05, 0.1) is 21.6 Å². The molecular weight excluding hydrogens is 364 g/mol. The van der Waals surface area contributed by atoms with E-state index in [1.54, 1.807) is 10.9 Å². The lowest BCUT2D eigenvalue weighted by Crippen LogP contribution is -2.00. The standard InChI is InChI=1S/C16H10BrClN4/c1-9-14-15(18)11-8-10(17)5-6-12(11)20-16(14)22(21-9)13-4-2-3-7-19-13/h2-8H,1H3. The molecule has 0 aliphatic carbocycles. The molecule has 4 rings (SSSR count). The fourth-order valence-electron chi connectivity index (χ4n) is 2.54. The third-order valence-electron chi connectivity index (χ3n) is 3.54. The van der Waals surface area contributed by atoms with Crippen molar-refractivity contribution in [1.82, 2.24) is 19.7 Å². The molecule has 0 saturated heterocycles. The van der Waals surface area contributed by atoms with Crippen molar-refractivity contribution in [2.24, 2.45) is 0 Å². The highest BCUT2D eigenvalue weighted by Gasteiger charge is 2.17. The van der Waals surface area contributed by atoms with Gasteiger partial charge < -0.3 is 0 Å². The van der Waals surface area contributed by atoms with Gasteiger partial charge in [-0.15, -0.1) is 0 Å². The molecular formula is C16H10BrClN4. The van der Waals surface area contributed by atoms with E-state index in [0.717, 1.165) is 37.9 Å². The number of fused-ring (bicyclic) bond motifs is 2. The van der Waals surface area contributed by atoms with Crippen LogP contribution in [0.25, 0.3) is 27.8 Å². The van der Waals surface area contributed by atoms with Crippen LogP contribution in [0.2, 0.25) is 5.02 Å². The lowest BCUT2D eigenvalue weighted by molar-refractivity contribution is 0.848. The Kier molecular flexibility index (Phi) is 3.13. The second-order valence-corrected chi connectivity index (χ2v) is 6.26. The van der Waals surface area contributed by atoms with Crippen LogP contribution in [0, 0.1) is 6.92 Å². The molecule has 0 radical (unpaired) electrons. The normalized spacial score (nSPS) is 11.4. The van der Waals surface area contributed by atoms with Crippen molar-refractivity contribution < 1.29 is 0 Å². The molecule has 3 heterocycles. The summed E-state index contributed by atoms with van der Waals surface area (Å²) in [6.45, 7) is 1.93. The monoisotopic (exact) mass is 372 g/mol. The van der Waals surface area contributed by atoms with Crippen LogP contribution in [-0.4, -0.2) is 19.7 Å². The summed E-state index contributed by atoms with van der Waals surface area (Å²) in [5, 5.41) is 7.00. The van der Waals surface area contributed by atoms with Gasteiger partial charge in [-0.25, -0.2) is 9.97 Å². The number of hydrogen-bond donors (Lipinski definition) is 0. The zero-order valence-corrected chi connectivity index (χ0v) is 13.9. The number of aryl methyl sites for hydroxylation is 1. The van der Waals surface area contributed by atoms with Crippen molar-refractivity contribution >= 4 is 49.5 Å². The molecule has 4 aromatic rings. The van der Waals surface area contributed by atoms with Crippen molar-refractivity contribution in [3.63, 3.8) is 0 Å². The minimum atomic E-state index is 0.668. The minimum Gasteiger partial charge on any atom is -0.237 e. The van der Waals surface area contributed by atoms with Crippen LogP contribution >= 0.6 is 27.5 Å². The number of benzene rings is 1. The van der Waals surface area contributed by atoms with Gasteiger partial charge in [0.25, 0.3) is 0 Å². The van der Waals surface area contributed by atoms with Crippen LogP contribution in [0.5, 0.6) is 0 Å². The lowest BCUT2D eigenvalue weighted by Gasteiger charge is -2.05. The summed E-state index contributed by atoms with van der Waals surface area (Å²) in [5.41, 5.74) is 2.38. The van der Waals surface area contributed by atoms with E-state index in [1.165, 1.54) is 0 Å². The molecule has 3 aromatic heterocycles. The molecule has 0 N–H and O–H groups in total. The molecule has 0 saturated carbocycles. The molecule has 108 valence electrons. The highest BCUT2D eigenvalue weighted by Crippen LogP contribution is 2.34. The highest BCUT2D eigenvalue weighted by molar-refractivity contribution is 9.10. The zero-order chi connectivity index (χ0) is 15.3. The smallest absolute Gasteiger partial charge is 0.167 e. The van der Waals surface area contributed by atoms with Crippen molar-refractivity contribution in [3.05, 3.63) is 57.8 Å². The van der Waals surface area contributed by atoms with Gasteiger partial charge in [0.2, 0.25) is 0 Å². The van der Waals surface area contributed by atoms with Gasteiger partial charge in [-0.1, -0.05) is 33.6 Å². The topological polar surface area (TPSA) is 43.6 Å². The Hall–Kier alpha value is -1.98. The second kappa shape index (κ2) is 5.04. The predicted octanol–water partition coefficient (Wildman–Crippen LogP) is 4.69. The van der Waals surface area contributed by atoms with Crippen LogP contribution in [-0.2, 0) is 0 Å².